The summed E-state index contributed by atoms with van der Waals surface area (Å²) in [6.07, 6.45) is 1.89. The fourth-order valence-corrected chi connectivity index (χ4v) is 2.21. The van der Waals surface area contributed by atoms with Crippen LogP contribution in [0.1, 0.15) is 25.8 Å². The lowest BCUT2D eigenvalue weighted by Gasteiger charge is -2.26. The number of halogens is 2. The molecule has 20 heavy (non-hydrogen) atoms. The van der Waals surface area contributed by atoms with Gasteiger partial charge in [-0.25, -0.2) is 0 Å². The van der Waals surface area contributed by atoms with Gasteiger partial charge in [0.2, 0.25) is 16.5 Å². The Bertz CT molecular complexity index is 552. The molecule has 1 aromatic heterocycles. The first-order valence-electron chi connectivity index (χ1n) is 6.34. The van der Waals surface area contributed by atoms with E-state index in [4.69, 9.17) is 23.2 Å². The Hall–Kier alpha value is -1.39. The number of hydrogen-bond donors (Lipinski definition) is 1. The number of benzene rings is 1. The molecule has 2 aromatic rings. The zero-order chi connectivity index (χ0) is 14.6. The van der Waals surface area contributed by atoms with Crippen LogP contribution in [0.3, 0.4) is 0 Å². The molecule has 1 aromatic carbocycles. The normalized spacial score (nSPS) is 11.4. The summed E-state index contributed by atoms with van der Waals surface area (Å²) in [5, 5.41) is 3.42. The molecule has 1 heterocycles. The van der Waals surface area contributed by atoms with Crippen LogP contribution < -0.4 is 5.32 Å². The van der Waals surface area contributed by atoms with Crippen LogP contribution in [0.15, 0.2) is 30.3 Å². The summed E-state index contributed by atoms with van der Waals surface area (Å²) < 4.78 is 0. The molecule has 2 rings (SSSR count). The molecule has 1 N–H and O–H groups in total. The van der Waals surface area contributed by atoms with E-state index >= 15 is 0 Å². The van der Waals surface area contributed by atoms with Gasteiger partial charge in [-0.2, -0.15) is 15.0 Å². The van der Waals surface area contributed by atoms with Crippen molar-refractivity contribution < 1.29 is 0 Å². The number of nitrogens with one attached hydrogen (secondary N) is 1. The van der Waals surface area contributed by atoms with Gasteiger partial charge in [0.1, 0.15) is 0 Å². The zero-order valence-corrected chi connectivity index (χ0v) is 12.9. The molecule has 0 unspecified atom stereocenters. The number of rotatable bonds is 5. The van der Waals surface area contributed by atoms with Gasteiger partial charge >= 0.3 is 0 Å². The van der Waals surface area contributed by atoms with E-state index in [0.717, 1.165) is 12.8 Å². The molecule has 0 aliphatic rings. The van der Waals surface area contributed by atoms with E-state index in [1.807, 2.05) is 18.2 Å². The van der Waals surface area contributed by atoms with E-state index in [0.29, 0.717) is 5.95 Å². The number of hydrogen-bond acceptors (Lipinski definition) is 4. The number of aromatic nitrogens is 3. The van der Waals surface area contributed by atoms with Crippen LogP contribution in [0.5, 0.6) is 0 Å². The topological polar surface area (TPSA) is 50.7 Å². The minimum atomic E-state index is -0.177. The molecule has 0 saturated heterocycles. The Kier molecular flexibility index (Phi) is 4.78. The molecule has 6 heteroatoms. The molecule has 0 aliphatic carbocycles. The molecule has 0 aliphatic heterocycles. The minimum absolute atomic E-state index is 0.0892. The summed E-state index contributed by atoms with van der Waals surface area (Å²) >= 11 is 11.5. The van der Waals surface area contributed by atoms with Gasteiger partial charge in [0.25, 0.3) is 0 Å². The largest absolute Gasteiger partial charge is 0.349 e. The van der Waals surface area contributed by atoms with Crippen molar-refractivity contribution in [3.05, 3.63) is 46.5 Å². The van der Waals surface area contributed by atoms with Crippen LogP contribution >= 0.6 is 23.2 Å². The molecule has 0 saturated carbocycles. The lowest BCUT2D eigenvalue weighted by molar-refractivity contribution is 0.514. The lowest BCUT2D eigenvalue weighted by Crippen LogP contribution is -2.32. The van der Waals surface area contributed by atoms with Crippen LogP contribution in [-0.4, -0.2) is 20.5 Å². The highest BCUT2D eigenvalue weighted by Crippen LogP contribution is 2.19. The van der Waals surface area contributed by atoms with Gasteiger partial charge < -0.3 is 5.32 Å². The number of nitrogens with zero attached hydrogens (tertiary/aromatic N) is 3. The average Bonchev–Trinajstić information content (AvgIpc) is 2.36. The highest BCUT2D eigenvalue weighted by Gasteiger charge is 2.19. The Morgan fingerprint density at radius 3 is 2.20 bits per heavy atom. The maximum Gasteiger partial charge on any atom is 0.228 e. The molecular formula is C14H16Cl2N4. The number of aryl methyl sites for hydroxylation is 1. The molecule has 4 nitrogen and oxygen atoms in total. The third-order valence-corrected chi connectivity index (χ3v) is 3.25. The van der Waals surface area contributed by atoms with Crippen LogP contribution in [-0.2, 0) is 6.42 Å². The van der Waals surface area contributed by atoms with Crippen LogP contribution in [0, 0.1) is 0 Å². The second-order valence-corrected chi connectivity index (χ2v) is 5.87. The van der Waals surface area contributed by atoms with E-state index in [-0.39, 0.29) is 16.1 Å². The molecule has 0 fully saturated rings. The van der Waals surface area contributed by atoms with Gasteiger partial charge in [-0.3, -0.25) is 0 Å². The van der Waals surface area contributed by atoms with E-state index in [9.17, 15) is 0 Å². The maximum atomic E-state index is 5.77. The fraction of sp³-hybridized carbons (Fsp3) is 0.357. The summed E-state index contributed by atoms with van der Waals surface area (Å²) in [7, 11) is 0. The lowest BCUT2D eigenvalue weighted by atomic mass is 9.95. The predicted molar refractivity (Wildman–Crippen MR) is 82.3 cm³/mol. The van der Waals surface area contributed by atoms with Crippen LogP contribution in [0.2, 0.25) is 10.6 Å². The van der Waals surface area contributed by atoms with Gasteiger partial charge in [-0.1, -0.05) is 30.3 Å². The SMILES string of the molecule is CC(C)(CCc1ccccc1)Nc1nc(Cl)nc(Cl)n1. The van der Waals surface area contributed by atoms with Crippen LogP contribution in [0.25, 0.3) is 0 Å². The Balaban J connectivity index is 1.99. The smallest absolute Gasteiger partial charge is 0.228 e. The second-order valence-electron chi connectivity index (χ2n) is 5.19. The van der Waals surface area contributed by atoms with E-state index in [1.54, 1.807) is 0 Å². The summed E-state index contributed by atoms with van der Waals surface area (Å²) in [5.41, 5.74) is 1.12. The first-order chi connectivity index (χ1) is 9.44. The standard InChI is InChI=1S/C14H16Cl2N4/c1-14(2,9-8-10-6-4-3-5-7-10)20-13-18-11(15)17-12(16)19-13/h3-7H,8-9H2,1-2H3,(H,17,18,19,20). The van der Waals surface area contributed by atoms with Gasteiger partial charge in [0.15, 0.2) is 0 Å². The third kappa shape index (κ3) is 4.62. The second kappa shape index (κ2) is 6.37. The third-order valence-electron chi connectivity index (χ3n) is 2.91. The molecule has 0 bridgehead atoms. The van der Waals surface area contributed by atoms with Crippen molar-refractivity contribution in [2.45, 2.75) is 32.2 Å². The first-order valence-corrected chi connectivity index (χ1v) is 7.09. The Labute approximate surface area is 128 Å². The first kappa shape index (κ1) is 15.0. The highest BCUT2D eigenvalue weighted by molar-refractivity contribution is 6.31. The zero-order valence-electron chi connectivity index (χ0n) is 11.4. The van der Waals surface area contributed by atoms with Crippen molar-refractivity contribution >= 4 is 29.2 Å². The van der Waals surface area contributed by atoms with E-state index in [1.165, 1.54) is 5.56 Å². The predicted octanol–water partition coefficient (Wildman–Crippen LogP) is 4.00. The van der Waals surface area contributed by atoms with Crippen molar-refractivity contribution in [2.75, 3.05) is 5.32 Å². The molecule has 0 radical (unpaired) electrons. The Morgan fingerprint density at radius 2 is 1.60 bits per heavy atom. The van der Waals surface area contributed by atoms with Crippen LogP contribution in [0.4, 0.5) is 5.95 Å². The summed E-state index contributed by atoms with van der Waals surface area (Å²) in [6.45, 7) is 4.17. The van der Waals surface area contributed by atoms with Crippen molar-refractivity contribution in [2.24, 2.45) is 0 Å². The molecule has 0 spiro atoms. The fourth-order valence-electron chi connectivity index (χ4n) is 1.85. The maximum absolute atomic E-state index is 5.77. The van der Waals surface area contributed by atoms with Crippen molar-refractivity contribution in [1.82, 2.24) is 15.0 Å². The summed E-state index contributed by atoms with van der Waals surface area (Å²) in [5.74, 6) is 0.396. The quantitative estimate of drug-likeness (QED) is 0.906. The van der Waals surface area contributed by atoms with Gasteiger partial charge in [0, 0.05) is 5.54 Å². The van der Waals surface area contributed by atoms with Gasteiger partial charge in [-0.15, -0.1) is 0 Å². The molecule has 0 amide bonds. The van der Waals surface area contributed by atoms with E-state index in [2.05, 4.69) is 46.2 Å². The summed E-state index contributed by atoms with van der Waals surface area (Å²) in [4.78, 5) is 11.8. The van der Waals surface area contributed by atoms with E-state index < -0.39 is 0 Å². The van der Waals surface area contributed by atoms with Crippen molar-refractivity contribution in [3.8, 4) is 0 Å². The molecular weight excluding hydrogens is 295 g/mol. The number of anilines is 1. The van der Waals surface area contributed by atoms with Gasteiger partial charge in [0.05, 0.1) is 0 Å². The Morgan fingerprint density at radius 1 is 1.00 bits per heavy atom. The minimum Gasteiger partial charge on any atom is -0.349 e. The highest BCUT2D eigenvalue weighted by atomic mass is 35.5. The summed E-state index contributed by atoms with van der Waals surface area (Å²) in [6, 6.07) is 10.3. The molecule has 0 atom stereocenters. The van der Waals surface area contributed by atoms with Crippen molar-refractivity contribution in [3.63, 3.8) is 0 Å². The monoisotopic (exact) mass is 310 g/mol. The van der Waals surface area contributed by atoms with Gasteiger partial charge in [-0.05, 0) is 55.5 Å². The van der Waals surface area contributed by atoms with Crippen molar-refractivity contribution in [1.29, 1.82) is 0 Å². The average molecular weight is 311 g/mol. The molecule has 106 valence electrons.